The van der Waals surface area contributed by atoms with Crippen LogP contribution in [0, 0.1) is 11.7 Å². The Kier molecular flexibility index (Phi) is 7.95. The second-order valence-corrected chi connectivity index (χ2v) is 8.40. The molecule has 0 spiro atoms. The number of hydrogen-bond acceptors (Lipinski definition) is 4. The van der Waals surface area contributed by atoms with Crippen LogP contribution in [-0.2, 0) is 14.6 Å². The Hall–Kier alpha value is -1.96. The van der Waals surface area contributed by atoms with Crippen molar-refractivity contribution >= 4 is 28.2 Å². The van der Waals surface area contributed by atoms with E-state index in [1.165, 1.54) is 12.1 Å². The topological polar surface area (TPSA) is 89.3 Å². The minimum atomic E-state index is -3.63. The molecule has 0 aliphatic rings. The molecule has 0 bridgehead atoms. The molecule has 3 N–H and O–H groups in total. The number of halogens is 2. The van der Waals surface area contributed by atoms with Crippen LogP contribution in [0.5, 0.6) is 0 Å². The monoisotopic (exact) mass is 414 g/mol. The van der Waals surface area contributed by atoms with E-state index < -0.39 is 33.7 Å². The Morgan fingerprint density at radius 2 is 1.67 bits per heavy atom. The van der Waals surface area contributed by atoms with Crippen molar-refractivity contribution in [2.24, 2.45) is 11.7 Å². The summed E-state index contributed by atoms with van der Waals surface area (Å²) in [5, 5.41) is 2.80. The van der Waals surface area contributed by atoms with E-state index in [9.17, 15) is 17.6 Å². The lowest BCUT2D eigenvalue weighted by Gasteiger charge is -2.22. The van der Waals surface area contributed by atoms with E-state index in [2.05, 4.69) is 5.32 Å². The molecule has 3 unspecified atom stereocenters. The standard InChI is InChI=1S/C19H23FN2O3S.ClH/c1-12(18(21)14-7-5-4-6-8-14)19(23)22-13(2)15-9-10-17(16(20)11-15)26(3,24)25;/h4-13,18H,21H2,1-3H3,(H,22,23);1H. The van der Waals surface area contributed by atoms with Crippen molar-refractivity contribution in [2.45, 2.75) is 30.8 Å². The van der Waals surface area contributed by atoms with Crippen molar-refractivity contribution in [3.63, 3.8) is 0 Å². The fraction of sp³-hybridized carbons (Fsp3) is 0.316. The first-order valence-electron chi connectivity index (χ1n) is 8.21. The van der Waals surface area contributed by atoms with Crippen LogP contribution in [0.15, 0.2) is 53.4 Å². The third-order valence-corrected chi connectivity index (χ3v) is 5.48. The van der Waals surface area contributed by atoms with Crippen molar-refractivity contribution in [3.8, 4) is 0 Å². The summed E-state index contributed by atoms with van der Waals surface area (Å²) in [6.07, 6.45) is 0.947. The summed E-state index contributed by atoms with van der Waals surface area (Å²) in [5.74, 6) is -1.58. The summed E-state index contributed by atoms with van der Waals surface area (Å²) in [5.41, 5.74) is 7.49. The summed E-state index contributed by atoms with van der Waals surface area (Å²) >= 11 is 0. The molecule has 0 fully saturated rings. The Bertz CT molecular complexity index is 891. The summed E-state index contributed by atoms with van der Waals surface area (Å²) in [7, 11) is -3.63. The first kappa shape index (κ1) is 23.1. The highest BCUT2D eigenvalue weighted by Gasteiger charge is 2.24. The molecule has 1 amide bonds. The van der Waals surface area contributed by atoms with Gasteiger partial charge in [-0.3, -0.25) is 4.79 Å². The van der Waals surface area contributed by atoms with Gasteiger partial charge in [-0.25, -0.2) is 12.8 Å². The van der Waals surface area contributed by atoms with Crippen LogP contribution >= 0.6 is 12.4 Å². The van der Waals surface area contributed by atoms with Gasteiger partial charge in [0.25, 0.3) is 0 Å². The Morgan fingerprint density at radius 3 is 2.19 bits per heavy atom. The second-order valence-electron chi connectivity index (χ2n) is 6.42. The van der Waals surface area contributed by atoms with Crippen molar-refractivity contribution in [3.05, 3.63) is 65.5 Å². The van der Waals surface area contributed by atoms with Gasteiger partial charge >= 0.3 is 0 Å². The molecular formula is C19H24ClFN2O3S. The van der Waals surface area contributed by atoms with Gasteiger partial charge in [0.2, 0.25) is 5.91 Å². The van der Waals surface area contributed by atoms with Gasteiger partial charge in [0, 0.05) is 12.3 Å². The lowest BCUT2D eigenvalue weighted by Crippen LogP contribution is -2.36. The quantitative estimate of drug-likeness (QED) is 0.759. The van der Waals surface area contributed by atoms with Gasteiger partial charge in [-0.1, -0.05) is 43.3 Å². The highest BCUT2D eigenvalue weighted by atomic mass is 35.5. The molecular weight excluding hydrogens is 391 g/mol. The first-order chi connectivity index (χ1) is 12.1. The third kappa shape index (κ3) is 5.76. The zero-order chi connectivity index (χ0) is 19.5. The van der Waals surface area contributed by atoms with Gasteiger partial charge in [-0.05, 0) is 30.2 Å². The molecule has 3 atom stereocenters. The number of nitrogens with one attached hydrogen (secondary N) is 1. The van der Waals surface area contributed by atoms with Crippen molar-refractivity contribution < 1.29 is 17.6 Å². The van der Waals surface area contributed by atoms with Crippen LogP contribution in [0.4, 0.5) is 4.39 Å². The van der Waals surface area contributed by atoms with Gasteiger partial charge in [0.05, 0.1) is 12.0 Å². The lowest BCUT2D eigenvalue weighted by molar-refractivity contribution is -0.125. The van der Waals surface area contributed by atoms with E-state index in [1.54, 1.807) is 13.8 Å². The zero-order valence-corrected chi connectivity index (χ0v) is 17.0. The molecule has 148 valence electrons. The van der Waals surface area contributed by atoms with Crippen LogP contribution in [-0.4, -0.2) is 20.6 Å². The van der Waals surface area contributed by atoms with Crippen LogP contribution in [0.3, 0.4) is 0 Å². The zero-order valence-electron chi connectivity index (χ0n) is 15.3. The van der Waals surface area contributed by atoms with Crippen LogP contribution in [0.1, 0.15) is 37.1 Å². The van der Waals surface area contributed by atoms with Gasteiger partial charge in [0.1, 0.15) is 10.7 Å². The first-order valence-corrected chi connectivity index (χ1v) is 10.1. The van der Waals surface area contributed by atoms with Gasteiger partial charge in [0.15, 0.2) is 9.84 Å². The van der Waals surface area contributed by atoms with Gasteiger partial charge in [-0.15, -0.1) is 12.4 Å². The van der Waals surface area contributed by atoms with E-state index in [0.29, 0.717) is 5.56 Å². The van der Waals surface area contributed by atoms with Crippen molar-refractivity contribution in [2.75, 3.05) is 6.26 Å². The molecule has 8 heteroatoms. The molecule has 0 radical (unpaired) electrons. The average molecular weight is 415 g/mol. The van der Waals surface area contributed by atoms with Crippen molar-refractivity contribution in [1.29, 1.82) is 0 Å². The fourth-order valence-electron chi connectivity index (χ4n) is 2.64. The minimum Gasteiger partial charge on any atom is -0.349 e. The molecule has 5 nitrogen and oxygen atoms in total. The Labute approximate surface area is 165 Å². The number of hydrogen-bond donors (Lipinski definition) is 2. The second kappa shape index (κ2) is 9.30. The maximum absolute atomic E-state index is 14.0. The van der Waals surface area contributed by atoms with E-state index in [0.717, 1.165) is 17.9 Å². The molecule has 0 saturated heterocycles. The number of carbonyl (C=O) groups excluding carboxylic acids is 1. The highest BCUT2D eigenvalue weighted by molar-refractivity contribution is 7.90. The third-order valence-electron chi connectivity index (χ3n) is 4.35. The predicted molar refractivity (Wildman–Crippen MR) is 106 cm³/mol. The van der Waals surface area contributed by atoms with Crippen molar-refractivity contribution in [1.82, 2.24) is 5.32 Å². The van der Waals surface area contributed by atoms with Gasteiger partial charge in [-0.2, -0.15) is 0 Å². The molecule has 2 aromatic carbocycles. The van der Waals surface area contributed by atoms with E-state index in [1.807, 2.05) is 30.3 Å². The maximum atomic E-state index is 14.0. The molecule has 0 heterocycles. The summed E-state index contributed by atoms with van der Waals surface area (Å²) in [4.78, 5) is 12.1. The maximum Gasteiger partial charge on any atom is 0.225 e. The SMILES string of the molecule is CC(NC(=O)C(C)C(N)c1ccccc1)c1ccc(S(C)(=O)=O)c(F)c1.Cl. The molecule has 2 rings (SSSR count). The van der Waals surface area contributed by atoms with Gasteiger partial charge < -0.3 is 11.1 Å². The van der Waals surface area contributed by atoms with Crippen LogP contribution in [0.25, 0.3) is 0 Å². The lowest BCUT2D eigenvalue weighted by atomic mass is 9.94. The summed E-state index contributed by atoms with van der Waals surface area (Å²) < 4.78 is 37.0. The number of nitrogens with two attached hydrogens (primary N) is 1. The molecule has 0 aliphatic carbocycles. The summed E-state index contributed by atoms with van der Waals surface area (Å²) in [6, 6.07) is 12.2. The predicted octanol–water partition coefficient (Wildman–Crippen LogP) is 3.16. The Morgan fingerprint density at radius 1 is 1.07 bits per heavy atom. The van der Waals surface area contributed by atoms with E-state index in [4.69, 9.17) is 5.73 Å². The minimum absolute atomic E-state index is 0. The smallest absolute Gasteiger partial charge is 0.225 e. The molecule has 2 aromatic rings. The number of sulfone groups is 1. The average Bonchev–Trinajstić information content (AvgIpc) is 2.59. The van der Waals surface area contributed by atoms with Crippen LogP contribution in [0.2, 0.25) is 0 Å². The molecule has 0 aliphatic heterocycles. The fourth-order valence-corrected chi connectivity index (χ4v) is 3.37. The normalized spacial score (nSPS) is 14.6. The number of amides is 1. The molecule has 27 heavy (non-hydrogen) atoms. The molecule has 0 saturated carbocycles. The number of benzene rings is 2. The summed E-state index contributed by atoms with van der Waals surface area (Å²) in [6.45, 7) is 3.43. The number of rotatable bonds is 6. The van der Waals surface area contributed by atoms with Crippen LogP contribution < -0.4 is 11.1 Å². The largest absolute Gasteiger partial charge is 0.349 e. The van der Waals surface area contributed by atoms with E-state index >= 15 is 0 Å². The Balaban J connectivity index is 0.00000364. The highest BCUT2D eigenvalue weighted by Crippen LogP contribution is 2.23. The number of carbonyl (C=O) groups is 1. The van der Waals surface area contributed by atoms with E-state index in [-0.39, 0.29) is 23.2 Å². The molecule has 0 aromatic heterocycles.